The average Bonchev–Trinajstić information content (AvgIpc) is 2.93. The van der Waals surface area contributed by atoms with Crippen LogP contribution in [0.25, 0.3) is 0 Å². The first-order valence-electron chi connectivity index (χ1n) is 14.2. The molecule has 2 aromatic carbocycles. The van der Waals surface area contributed by atoms with Crippen molar-refractivity contribution in [1.29, 1.82) is 0 Å². The molecule has 0 aliphatic rings. The maximum atomic E-state index is 13.3. The number of hydrogen-bond acceptors (Lipinski definition) is 7. The molecule has 1 atom stereocenters. The molecule has 210 valence electrons. The Labute approximate surface area is 228 Å². The van der Waals surface area contributed by atoms with Crippen LogP contribution in [0.5, 0.6) is 5.75 Å². The van der Waals surface area contributed by atoms with Crippen LogP contribution in [0, 0.1) is 0 Å². The number of rotatable bonds is 19. The zero-order valence-corrected chi connectivity index (χ0v) is 23.0. The van der Waals surface area contributed by atoms with Crippen molar-refractivity contribution in [3.05, 3.63) is 66.2 Å². The molecule has 7 nitrogen and oxygen atoms in total. The predicted molar refractivity (Wildman–Crippen MR) is 152 cm³/mol. The summed E-state index contributed by atoms with van der Waals surface area (Å²) < 4.78 is 10.9. The standard InChI is InChI=1S/C31H47N3O4/c1-2-3-4-5-6-7-8-9-10-11-12-19-24-30(32,28(35)38-27-22-17-14-18-23-27)31(33,34)29(36)37-25-26-20-15-13-16-21-26/h13-18,20-23H,2-12,19,24-25,32-34H2,1H3. The third kappa shape index (κ3) is 10.2. The van der Waals surface area contributed by atoms with Gasteiger partial charge in [0.1, 0.15) is 12.4 Å². The lowest BCUT2D eigenvalue weighted by molar-refractivity contribution is -0.161. The second-order valence-corrected chi connectivity index (χ2v) is 10.2. The number of benzene rings is 2. The molecule has 0 saturated carbocycles. The van der Waals surface area contributed by atoms with E-state index in [0.717, 1.165) is 24.8 Å². The molecule has 0 spiro atoms. The van der Waals surface area contributed by atoms with Crippen LogP contribution in [0.3, 0.4) is 0 Å². The Morgan fingerprint density at radius 3 is 1.66 bits per heavy atom. The molecule has 6 N–H and O–H groups in total. The first-order valence-corrected chi connectivity index (χ1v) is 14.2. The van der Waals surface area contributed by atoms with Crippen molar-refractivity contribution in [2.45, 2.75) is 108 Å². The summed E-state index contributed by atoms with van der Waals surface area (Å²) in [5.41, 5.74) is 15.6. The van der Waals surface area contributed by atoms with Crippen molar-refractivity contribution in [1.82, 2.24) is 0 Å². The summed E-state index contributed by atoms with van der Waals surface area (Å²) in [6.07, 6.45) is 14.0. The fourth-order valence-electron chi connectivity index (χ4n) is 4.43. The number of carbonyl (C=O) groups is 2. The minimum atomic E-state index is -2.27. The summed E-state index contributed by atoms with van der Waals surface area (Å²) in [4.78, 5) is 26.3. The van der Waals surface area contributed by atoms with Gasteiger partial charge in [-0.3, -0.25) is 0 Å². The lowest BCUT2D eigenvalue weighted by Gasteiger charge is -2.38. The molecule has 2 rings (SSSR count). The van der Waals surface area contributed by atoms with Gasteiger partial charge in [-0.2, -0.15) is 0 Å². The number of ether oxygens (including phenoxy) is 2. The van der Waals surface area contributed by atoms with Gasteiger partial charge in [-0.15, -0.1) is 0 Å². The molecule has 0 aliphatic carbocycles. The molecule has 0 amide bonds. The number of carbonyl (C=O) groups excluding carboxylic acids is 2. The summed E-state index contributed by atoms with van der Waals surface area (Å²) >= 11 is 0. The third-order valence-electron chi connectivity index (χ3n) is 7.03. The fraction of sp³-hybridized carbons (Fsp3) is 0.548. The smallest absolute Gasteiger partial charge is 0.343 e. The van der Waals surface area contributed by atoms with E-state index < -0.39 is 23.1 Å². The topological polar surface area (TPSA) is 131 Å². The predicted octanol–water partition coefficient (Wildman–Crippen LogP) is 5.74. The quantitative estimate of drug-likeness (QED) is 0.0922. The van der Waals surface area contributed by atoms with Crippen molar-refractivity contribution in [3.63, 3.8) is 0 Å². The number of para-hydroxylation sites is 1. The number of hydrogen-bond donors (Lipinski definition) is 3. The van der Waals surface area contributed by atoms with E-state index in [4.69, 9.17) is 26.7 Å². The number of esters is 2. The SMILES string of the molecule is CCCCCCCCCCCCCCC(N)(C(=O)Oc1ccccc1)C(N)(N)C(=O)OCc1ccccc1. The highest BCUT2D eigenvalue weighted by molar-refractivity contribution is 5.94. The first kappa shape index (κ1) is 31.5. The monoisotopic (exact) mass is 525 g/mol. The van der Waals surface area contributed by atoms with E-state index in [9.17, 15) is 9.59 Å². The minimum absolute atomic E-state index is 0.0295. The van der Waals surface area contributed by atoms with Crippen LogP contribution < -0.4 is 21.9 Å². The maximum absolute atomic E-state index is 13.3. The molecule has 0 fully saturated rings. The second-order valence-electron chi connectivity index (χ2n) is 10.2. The Balaban J connectivity index is 1.91. The lowest BCUT2D eigenvalue weighted by Crippen LogP contribution is -2.79. The average molecular weight is 526 g/mol. The van der Waals surface area contributed by atoms with Crippen molar-refractivity contribution >= 4 is 11.9 Å². The molecule has 7 heteroatoms. The van der Waals surface area contributed by atoms with Gasteiger partial charge in [-0.05, 0) is 24.1 Å². The van der Waals surface area contributed by atoms with Crippen LogP contribution in [-0.2, 0) is 20.9 Å². The van der Waals surface area contributed by atoms with Gasteiger partial charge in [-0.1, -0.05) is 133 Å². The van der Waals surface area contributed by atoms with Crippen molar-refractivity contribution in [2.75, 3.05) is 0 Å². The van der Waals surface area contributed by atoms with E-state index in [-0.39, 0.29) is 13.0 Å². The molecule has 0 radical (unpaired) electrons. The molecule has 0 aliphatic heterocycles. The van der Waals surface area contributed by atoms with Gasteiger partial charge in [0, 0.05) is 0 Å². The molecule has 38 heavy (non-hydrogen) atoms. The minimum Gasteiger partial charge on any atom is -0.458 e. The van der Waals surface area contributed by atoms with Crippen molar-refractivity contribution in [3.8, 4) is 5.75 Å². The highest BCUT2D eigenvalue weighted by Crippen LogP contribution is 2.26. The highest BCUT2D eigenvalue weighted by atomic mass is 16.5. The van der Waals surface area contributed by atoms with E-state index >= 15 is 0 Å². The Bertz CT molecular complexity index is 937. The molecule has 0 bridgehead atoms. The molecule has 1 unspecified atom stereocenters. The molecule has 0 heterocycles. The molecule has 0 saturated heterocycles. The Morgan fingerprint density at radius 2 is 1.13 bits per heavy atom. The Morgan fingerprint density at radius 1 is 0.658 bits per heavy atom. The van der Waals surface area contributed by atoms with Gasteiger partial charge in [-0.25, -0.2) is 9.59 Å². The first-order chi connectivity index (χ1) is 18.3. The number of nitrogens with two attached hydrogens (primary N) is 3. The van der Waals surface area contributed by atoms with E-state index in [0.29, 0.717) is 12.2 Å². The Hall–Kier alpha value is -2.74. The van der Waals surface area contributed by atoms with E-state index in [1.807, 2.05) is 30.3 Å². The second kappa shape index (κ2) is 17.0. The maximum Gasteiger partial charge on any atom is 0.343 e. The zero-order valence-electron chi connectivity index (χ0n) is 23.0. The normalized spacial score (nSPS) is 13.1. The largest absolute Gasteiger partial charge is 0.458 e. The van der Waals surface area contributed by atoms with Crippen LogP contribution in [0.1, 0.15) is 96.0 Å². The summed E-state index contributed by atoms with van der Waals surface area (Å²) in [5.74, 6) is -1.50. The molecular weight excluding hydrogens is 478 g/mol. The van der Waals surface area contributed by atoms with Crippen LogP contribution in [-0.4, -0.2) is 23.1 Å². The Kier molecular flexibility index (Phi) is 14.1. The number of unbranched alkanes of at least 4 members (excludes halogenated alkanes) is 11. The van der Waals surface area contributed by atoms with Crippen LogP contribution in [0.15, 0.2) is 60.7 Å². The third-order valence-corrected chi connectivity index (χ3v) is 7.03. The molecular formula is C31H47N3O4. The molecule has 2 aromatic rings. The van der Waals surface area contributed by atoms with Crippen molar-refractivity contribution in [2.24, 2.45) is 17.2 Å². The van der Waals surface area contributed by atoms with Crippen LogP contribution in [0.4, 0.5) is 0 Å². The lowest BCUT2D eigenvalue weighted by atomic mass is 9.80. The van der Waals surface area contributed by atoms with E-state index in [2.05, 4.69) is 6.92 Å². The summed E-state index contributed by atoms with van der Waals surface area (Å²) in [7, 11) is 0. The van der Waals surface area contributed by atoms with Gasteiger partial charge in [0.25, 0.3) is 0 Å². The fourth-order valence-corrected chi connectivity index (χ4v) is 4.43. The van der Waals surface area contributed by atoms with Crippen molar-refractivity contribution < 1.29 is 19.1 Å². The van der Waals surface area contributed by atoms with Gasteiger partial charge >= 0.3 is 11.9 Å². The van der Waals surface area contributed by atoms with Gasteiger partial charge in [0.05, 0.1) is 0 Å². The van der Waals surface area contributed by atoms with E-state index in [1.54, 1.807) is 30.3 Å². The van der Waals surface area contributed by atoms with Gasteiger partial charge in [0.15, 0.2) is 11.2 Å². The zero-order chi connectivity index (χ0) is 27.7. The summed E-state index contributed by atoms with van der Waals surface area (Å²) in [6.45, 7) is 2.21. The summed E-state index contributed by atoms with van der Waals surface area (Å²) in [6, 6.07) is 17.7. The summed E-state index contributed by atoms with van der Waals surface area (Å²) in [5, 5.41) is 0. The molecule has 0 aromatic heterocycles. The highest BCUT2D eigenvalue weighted by Gasteiger charge is 2.56. The van der Waals surface area contributed by atoms with Crippen LogP contribution >= 0.6 is 0 Å². The van der Waals surface area contributed by atoms with E-state index in [1.165, 1.54) is 51.4 Å². The van der Waals surface area contributed by atoms with Gasteiger partial charge in [0.2, 0.25) is 0 Å². The van der Waals surface area contributed by atoms with Crippen LogP contribution in [0.2, 0.25) is 0 Å². The van der Waals surface area contributed by atoms with Gasteiger partial charge < -0.3 is 26.7 Å².